The zero-order valence-electron chi connectivity index (χ0n) is 10.1. The van der Waals surface area contributed by atoms with Crippen LogP contribution in [0.1, 0.15) is 18.4 Å². The molecule has 5 heteroatoms. The summed E-state index contributed by atoms with van der Waals surface area (Å²) in [5, 5.41) is 3.33. The second-order valence-corrected chi connectivity index (χ2v) is 5.15. The van der Waals surface area contributed by atoms with Crippen LogP contribution in [0, 0.1) is 5.82 Å². The summed E-state index contributed by atoms with van der Waals surface area (Å²) >= 11 is 0. The Labute approximate surface area is 105 Å². The predicted molar refractivity (Wildman–Crippen MR) is 67.0 cm³/mol. The molecule has 0 unspecified atom stereocenters. The highest BCUT2D eigenvalue weighted by molar-refractivity contribution is 5.72. The average Bonchev–Trinajstić information content (AvgIpc) is 2.69. The van der Waals surface area contributed by atoms with Crippen LogP contribution >= 0.6 is 0 Å². The summed E-state index contributed by atoms with van der Waals surface area (Å²) in [5.74, 6) is -0.200. The highest BCUT2D eigenvalue weighted by Gasteiger charge is 2.42. The molecule has 2 aliphatic heterocycles. The molecule has 1 saturated heterocycles. The molecule has 0 atom stereocenters. The zero-order chi connectivity index (χ0) is 12.8. The second kappa shape index (κ2) is 3.86. The van der Waals surface area contributed by atoms with Crippen molar-refractivity contribution in [2.75, 3.05) is 25.0 Å². The maximum atomic E-state index is 13.4. The van der Waals surface area contributed by atoms with E-state index in [9.17, 15) is 9.18 Å². The van der Waals surface area contributed by atoms with Crippen LogP contribution in [0.3, 0.4) is 0 Å². The number of piperidine rings is 1. The standard InChI is InChI=1S/C13H16FN3O/c14-9-1-2-11-10(7-9)13(8-16-11)3-5-17(6-4-13)12(15)18/h1-2,7,16H,3-6,8H2,(H2,15,18). The lowest BCUT2D eigenvalue weighted by atomic mass is 9.74. The number of likely N-dealkylation sites (tertiary alicyclic amines) is 1. The number of fused-ring (bicyclic) bond motifs is 2. The summed E-state index contributed by atoms with van der Waals surface area (Å²) in [6, 6.07) is 4.52. The number of urea groups is 1. The molecule has 18 heavy (non-hydrogen) atoms. The lowest BCUT2D eigenvalue weighted by Gasteiger charge is -2.38. The molecular weight excluding hydrogens is 233 g/mol. The molecule has 0 aromatic heterocycles. The van der Waals surface area contributed by atoms with E-state index in [1.807, 2.05) is 0 Å². The first-order valence-electron chi connectivity index (χ1n) is 6.19. The molecule has 1 aromatic rings. The Bertz CT molecular complexity index is 495. The summed E-state index contributed by atoms with van der Waals surface area (Å²) in [4.78, 5) is 12.8. The van der Waals surface area contributed by atoms with Crippen LogP contribution in [0.25, 0.3) is 0 Å². The smallest absolute Gasteiger partial charge is 0.314 e. The van der Waals surface area contributed by atoms with E-state index in [0.29, 0.717) is 13.1 Å². The van der Waals surface area contributed by atoms with Crippen molar-refractivity contribution < 1.29 is 9.18 Å². The number of nitrogens with two attached hydrogens (primary N) is 1. The Morgan fingerprint density at radius 1 is 1.39 bits per heavy atom. The van der Waals surface area contributed by atoms with Gasteiger partial charge in [0.05, 0.1) is 0 Å². The van der Waals surface area contributed by atoms with Crippen molar-refractivity contribution in [1.29, 1.82) is 0 Å². The normalized spacial score (nSPS) is 20.6. The second-order valence-electron chi connectivity index (χ2n) is 5.15. The van der Waals surface area contributed by atoms with Crippen LogP contribution < -0.4 is 11.1 Å². The fraction of sp³-hybridized carbons (Fsp3) is 0.462. The summed E-state index contributed by atoms with van der Waals surface area (Å²) in [7, 11) is 0. The Hall–Kier alpha value is -1.78. The zero-order valence-corrected chi connectivity index (χ0v) is 10.1. The fourth-order valence-corrected chi connectivity index (χ4v) is 3.07. The summed E-state index contributed by atoms with van der Waals surface area (Å²) in [5.41, 5.74) is 7.31. The molecule has 1 fully saturated rings. The van der Waals surface area contributed by atoms with Gasteiger partial charge in [0.15, 0.2) is 0 Å². The molecule has 3 rings (SSSR count). The van der Waals surface area contributed by atoms with Gasteiger partial charge in [-0.1, -0.05) is 0 Å². The first kappa shape index (κ1) is 11.3. The number of carbonyl (C=O) groups is 1. The third kappa shape index (κ3) is 1.62. The third-order valence-electron chi connectivity index (χ3n) is 4.20. The van der Waals surface area contributed by atoms with Gasteiger partial charge >= 0.3 is 6.03 Å². The molecular formula is C13H16FN3O. The fourth-order valence-electron chi connectivity index (χ4n) is 3.07. The number of benzene rings is 1. The van der Waals surface area contributed by atoms with Crippen molar-refractivity contribution in [3.8, 4) is 0 Å². The molecule has 0 saturated carbocycles. The van der Waals surface area contributed by atoms with Crippen molar-refractivity contribution in [1.82, 2.24) is 4.90 Å². The molecule has 2 heterocycles. The van der Waals surface area contributed by atoms with Crippen LogP contribution in [0.15, 0.2) is 18.2 Å². The van der Waals surface area contributed by atoms with Gasteiger partial charge in [-0.2, -0.15) is 0 Å². The summed E-state index contributed by atoms with van der Waals surface area (Å²) in [6.45, 7) is 2.11. The molecule has 0 bridgehead atoms. The van der Waals surface area contributed by atoms with E-state index >= 15 is 0 Å². The average molecular weight is 249 g/mol. The first-order chi connectivity index (χ1) is 8.61. The number of anilines is 1. The van der Waals surface area contributed by atoms with Crippen molar-refractivity contribution in [2.24, 2.45) is 5.73 Å². The molecule has 1 spiro atoms. The highest BCUT2D eigenvalue weighted by Crippen LogP contribution is 2.44. The number of carbonyl (C=O) groups excluding carboxylic acids is 1. The molecule has 2 aliphatic rings. The van der Waals surface area contributed by atoms with Gasteiger partial charge in [0.1, 0.15) is 5.82 Å². The van der Waals surface area contributed by atoms with Gasteiger partial charge in [-0.15, -0.1) is 0 Å². The lowest BCUT2D eigenvalue weighted by Crippen LogP contribution is -2.47. The summed E-state index contributed by atoms with van der Waals surface area (Å²) < 4.78 is 13.4. The quantitative estimate of drug-likeness (QED) is 0.734. The van der Waals surface area contributed by atoms with E-state index in [4.69, 9.17) is 5.73 Å². The predicted octanol–water partition coefficient (Wildman–Crippen LogP) is 1.66. The van der Waals surface area contributed by atoms with E-state index in [1.165, 1.54) is 6.07 Å². The van der Waals surface area contributed by atoms with Gasteiger partial charge < -0.3 is 16.0 Å². The Morgan fingerprint density at radius 2 is 2.11 bits per heavy atom. The monoisotopic (exact) mass is 249 g/mol. The number of hydrogen-bond donors (Lipinski definition) is 2. The Kier molecular flexibility index (Phi) is 2.43. The number of nitrogens with zero attached hydrogens (tertiary/aromatic N) is 1. The maximum absolute atomic E-state index is 13.4. The number of primary amides is 1. The number of rotatable bonds is 0. The molecule has 4 nitrogen and oxygen atoms in total. The Morgan fingerprint density at radius 3 is 2.78 bits per heavy atom. The molecule has 2 amide bonds. The molecule has 96 valence electrons. The minimum atomic E-state index is -0.365. The van der Waals surface area contributed by atoms with Crippen molar-refractivity contribution >= 4 is 11.7 Å². The van der Waals surface area contributed by atoms with E-state index in [2.05, 4.69) is 5.32 Å². The van der Waals surface area contributed by atoms with E-state index in [0.717, 1.165) is 30.6 Å². The minimum absolute atomic E-state index is 0.0383. The first-order valence-corrected chi connectivity index (χ1v) is 6.19. The SMILES string of the molecule is NC(=O)N1CCC2(CC1)CNc1ccc(F)cc12. The number of hydrogen-bond acceptors (Lipinski definition) is 2. The topological polar surface area (TPSA) is 58.4 Å². The van der Waals surface area contributed by atoms with Gasteiger partial charge in [0.2, 0.25) is 0 Å². The van der Waals surface area contributed by atoms with Crippen molar-refractivity contribution in [2.45, 2.75) is 18.3 Å². The van der Waals surface area contributed by atoms with Gasteiger partial charge in [-0.05, 0) is 36.6 Å². The van der Waals surface area contributed by atoms with Crippen LogP contribution in [-0.4, -0.2) is 30.6 Å². The van der Waals surface area contributed by atoms with Gasteiger partial charge in [0, 0.05) is 30.7 Å². The molecule has 0 aliphatic carbocycles. The van der Waals surface area contributed by atoms with E-state index < -0.39 is 0 Å². The van der Waals surface area contributed by atoms with Crippen LogP contribution in [-0.2, 0) is 5.41 Å². The van der Waals surface area contributed by atoms with E-state index in [1.54, 1.807) is 17.0 Å². The van der Waals surface area contributed by atoms with Crippen molar-refractivity contribution in [3.63, 3.8) is 0 Å². The van der Waals surface area contributed by atoms with Gasteiger partial charge in [-0.25, -0.2) is 9.18 Å². The van der Waals surface area contributed by atoms with Crippen molar-refractivity contribution in [3.05, 3.63) is 29.6 Å². The van der Waals surface area contributed by atoms with E-state index in [-0.39, 0.29) is 17.3 Å². The number of halogens is 1. The minimum Gasteiger partial charge on any atom is -0.384 e. The molecule has 0 radical (unpaired) electrons. The maximum Gasteiger partial charge on any atom is 0.314 e. The molecule has 1 aromatic carbocycles. The third-order valence-corrected chi connectivity index (χ3v) is 4.20. The number of amides is 2. The lowest BCUT2D eigenvalue weighted by molar-refractivity contribution is 0.171. The van der Waals surface area contributed by atoms with Crippen LogP contribution in [0.2, 0.25) is 0 Å². The van der Waals surface area contributed by atoms with Crippen LogP contribution in [0.4, 0.5) is 14.9 Å². The van der Waals surface area contributed by atoms with Gasteiger partial charge in [0.25, 0.3) is 0 Å². The highest BCUT2D eigenvalue weighted by atomic mass is 19.1. The number of nitrogens with one attached hydrogen (secondary N) is 1. The Balaban J connectivity index is 1.88. The molecule has 3 N–H and O–H groups in total. The summed E-state index contributed by atoms with van der Waals surface area (Å²) in [6.07, 6.45) is 1.67. The van der Waals surface area contributed by atoms with Crippen LogP contribution in [0.5, 0.6) is 0 Å². The largest absolute Gasteiger partial charge is 0.384 e. The van der Waals surface area contributed by atoms with Gasteiger partial charge in [-0.3, -0.25) is 0 Å².